The highest BCUT2D eigenvalue weighted by molar-refractivity contribution is 9.10. The molecule has 0 saturated heterocycles. The van der Waals surface area contributed by atoms with Crippen LogP contribution < -0.4 is 0 Å². The van der Waals surface area contributed by atoms with Gasteiger partial charge in [0, 0.05) is 0 Å². The van der Waals surface area contributed by atoms with Crippen LogP contribution in [0.3, 0.4) is 0 Å². The molecule has 0 aliphatic heterocycles. The van der Waals surface area contributed by atoms with Gasteiger partial charge in [-0.1, -0.05) is 101 Å². The molecule has 0 unspecified atom stereocenters. The first-order chi connectivity index (χ1) is 10.2. The molecule has 0 atom stereocenters. The van der Waals surface area contributed by atoms with Crippen molar-refractivity contribution < 1.29 is 0 Å². The second kappa shape index (κ2) is 5.87. The summed E-state index contributed by atoms with van der Waals surface area (Å²) in [7, 11) is 0. The number of hydrogen-bond acceptors (Lipinski definition) is 0. The fraction of sp³-hybridized carbons (Fsp3) is 0.100. The van der Waals surface area contributed by atoms with Crippen LogP contribution in [0.2, 0.25) is 0 Å². The van der Waals surface area contributed by atoms with Gasteiger partial charge in [-0.15, -0.1) is 0 Å². The maximum Gasteiger partial charge on any atom is 0.101 e. The van der Waals surface area contributed by atoms with Crippen LogP contribution in [0.15, 0.2) is 84.9 Å². The van der Waals surface area contributed by atoms with Crippen molar-refractivity contribution in [2.75, 3.05) is 0 Å². The minimum atomic E-state index is -0.319. The van der Waals surface area contributed by atoms with Crippen molar-refractivity contribution in [2.45, 2.75) is 11.2 Å². The zero-order valence-electron chi connectivity index (χ0n) is 12.0. The zero-order chi connectivity index (χ0) is 14.7. The van der Waals surface area contributed by atoms with Crippen LogP contribution in [0.25, 0.3) is 0 Å². The number of hydrogen-bond donors (Lipinski definition) is 0. The van der Waals surface area contributed by atoms with E-state index in [-0.39, 0.29) is 4.32 Å². The Balaban J connectivity index is 2.29. The SMILES string of the molecule is Cc1ccccc1C(Br)(c1ccccc1)c1ccccc1. The predicted octanol–water partition coefficient (Wildman–Crippen LogP) is 5.68. The van der Waals surface area contributed by atoms with Crippen LogP contribution >= 0.6 is 15.9 Å². The van der Waals surface area contributed by atoms with E-state index < -0.39 is 0 Å². The third kappa shape index (κ3) is 2.54. The van der Waals surface area contributed by atoms with Crippen molar-refractivity contribution >= 4 is 15.9 Å². The first-order valence-electron chi connectivity index (χ1n) is 7.09. The number of aryl methyl sites for hydroxylation is 1. The first kappa shape index (κ1) is 14.1. The average Bonchev–Trinajstić information content (AvgIpc) is 2.56. The van der Waals surface area contributed by atoms with Gasteiger partial charge in [0.2, 0.25) is 0 Å². The summed E-state index contributed by atoms with van der Waals surface area (Å²) in [6.45, 7) is 2.16. The normalized spacial score (nSPS) is 11.3. The van der Waals surface area contributed by atoms with Crippen LogP contribution in [0.4, 0.5) is 0 Å². The van der Waals surface area contributed by atoms with Crippen molar-refractivity contribution in [1.82, 2.24) is 0 Å². The standard InChI is InChI=1S/C20H17Br/c1-16-10-8-9-15-19(16)20(21,17-11-4-2-5-12-17)18-13-6-3-7-14-18/h2-15H,1H3. The summed E-state index contributed by atoms with van der Waals surface area (Å²) in [4.78, 5) is 0. The molecular formula is C20H17Br. The van der Waals surface area contributed by atoms with Gasteiger partial charge in [0.15, 0.2) is 0 Å². The zero-order valence-corrected chi connectivity index (χ0v) is 13.5. The number of rotatable bonds is 3. The summed E-state index contributed by atoms with van der Waals surface area (Å²) in [5, 5.41) is 0. The van der Waals surface area contributed by atoms with Crippen molar-refractivity contribution in [3.8, 4) is 0 Å². The van der Waals surface area contributed by atoms with Crippen molar-refractivity contribution in [3.05, 3.63) is 107 Å². The van der Waals surface area contributed by atoms with E-state index in [1.54, 1.807) is 0 Å². The summed E-state index contributed by atoms with van der Waals surface area (Å²) in [6.07, 6.45) is 0. The Kier molecular flexibility index (Phi) is 3.94. The van der Waals surface area contributed by atoms with Gasteiger partial charge in [-0.05, 0) is 29.2 Å². The van der Waals surface area contributed by atoms with Crippen molar-refractivity contribution in [3.63, 3.8) is 0 Å². The Bertz CT molecular complexity index is 678. The summed E-state index contributed by atoms with van der Waals surface area (Å²) in [5.74, 6) is 0. The van der Waals surface area contributed by atoms with Gasteiger partial charge in [0.1, 0.15) is 4.32 Å². The average molecular weight is 337 g/mol. The Labute approximate surface area is 134 Å². The van der Waals surface area contributed by atoms with Crippen LogP contribution in [0.5, 0.6) is 0 Å². The lowest BCUT2D eigenvalue weighted by molar-refractivity contribution is 0.904. The topological polar surface area (TPSA) is 0 Å². The summed E-state index contributed by atoms with van der Waals surface area (Å²) in [5.41, 5.74) is 5.04. The van der Waals surface area contributed by atoms with Gasteiger partial charge in [-0.25, -0.2) is 0 Å². The van der Waals surface area contributed by atoms with Crippen molar-refractivity contribution in [2.24, 2.45) is 0 Å². The summed E-state index contributed by atoms with van der Waals surface area (Å²) >= 11 is 4.06. The molecular weight excluding hydrogens is 320 g/mol. The van der Waals surface area contributed by atoms with Gasteiger partial charge < -0.3 is 0 Å². The Hall–Kier alpha value is -1.86. The molecule has 0 aromatic heterocycles. The molecule has 0 aliphatic rings. The Morgan fingerprint density at radius 2 is 1.05 bits per heavy atom. The largest absolute Gasteiger partial charge is 0.101 e. The quantitative estimate of drug-likeness (QED) is 0.426. The molecule has 0 heterocycles. The van der Waals surface area contributed by atoms with Crippen LogP contribution in [-0.4, -0.2) is 0 Å². The summed E-state index contributed by atoms with van der Waals surface area (Å²) < 4.78 is -0.319. The van der Waals surface area contributed by atoms with E-state index in [0.717, 1.165) is 0 Å². The monoisotopic (exact) mass is 336 g/mol. The summed E-state index contributed by atoms with van der Waals surface area (Å²) in [6, 6.07) is 29.7. The van der Waals surface area contributed by atoms with Gasteiger partial charge in [-0.2, -0.15) is 0 Å². The van der Waals surface area contributed by atoms with E-state index in [2.05, 4.69) is 108 Å². The molecule has 0 aliphatic carbocycles. The molecule has 3 rings (SSSR count). The first-order valence-corrected chi connectivity index (χ1v) is 7.88. The number of benzene rings is 3. The highest BCUT2D eigenvalue weighted by Gasteiger charge is 2.34. The second-order valence-corrected chi connectivity index (χ2v) is 6.39. The Morgan fingerprint density at radius 1 is 0.619 bits per heavy atom. The van der Waals surface area contributed by atoms with E-state index in [9.17, 15) is 0 Å². The Morgan fingerprint density at radius 3 is 1.52 bits per heavy atom. The second-order valence-electron chi connectivity index (χ2n) is 5.21. The molecule has 0 bridgehead atoms. The molecule has 0 amide bonds. The predicted molar refractivity (Wildman–Crippen MR) is 92.9 cm³/mol. The van der Waals surface area contributed by atoms with Gasteiger partial charge in [-0.3, -0.25) is 0 Å². The highest BCUT2D eigenvalue weighted by Crippen LogP contribution is 2.45. The third-order valence-electron chi connectivity index (χ3n) is 3.86. The smallest absolute Gasteiger partial charge is 0.0695 e. The van der Waals surface area contributed by atoms with E-state index in [1.807, 2.05) is 0 Å². The van der Waals surface area contributed by atoms with E-state index >= 15 is 0 Å². The minimum Gasteiger partial charge on any atom is -0.0695 e. The molecule has 1 heteroatoms. The molecule has 3 aromatic carbocycles. The lowest BCUT2D eigenvalue weighted by atomic mass is 9.83. The molecule has 0 N–H and O–H groups in total. The fourth-order valence-electron chi connectivity index (χ4n) is 2.77. The lowest BCUT2D eigenvalue weighted by Gasteiger charge is -2.31. The molecule has 0 nitrogen and oxygen atoms in total. The van der Waals surface area contributed by atoms with Crippen LogP contribution in [0.1, 0.15) is 22.3 Å². The molecule has 0 spiro atoms. The van der Waals surface area contributed by atoms with Crippen LogP contribution in [-0.2, 0) is 4.32 Å². The van der Waals surface area contributed by atoms with E-state index in [1.165, 1.54) is 22.3 Å². The molecule has 0 radical (unpaired) electrons. The minimum absolute atomic E-state index is 0.319. The molecule has 0 saturated carbocycles. The number of halogens is 1. The maximum absolute atomic E-state index is 4.06. The lowest BCUT2D eigenvalue weighted by Crippen LogP contribution is -2.22. The van der Waals surface area contributed by atoms with Gasteiger partial charge in [0.25, 0.3) is 0 Å². The maximum atomic E-state index is 4.06. The highest BCUT2D eigenvalue weighted by atomic mass is 79.9. The third-order valence-corrected chi connectivity index (χ3v) is 5.20. The van der Waals surface area contributed by atoms with E-state index in [4.69, 9.17) is 0 Å². The molecule has 0 fully saturated rings. The number of alkyl halides is 1. The van der Waals surface area contributed by atoms with Crippen molar-refractivity contribution in [1.29, 1.82) is 0 Å². The fourth-order valence-corrected chi connectivity index (χ4v) is 3.75. The van der Waals surface area contributed by atoms with E-state index in [0.29, 0.717) is 0 Å². The molecule has 104 valence electrons. The molecule has 21 heavy (non-hydrogen) atoms. The molecule has 3 aromatic rings. The van der Waals surface area contributed by atoms with Gasteiger partial charge in [0.05, 0.1) is 0 Å². The van der Waals surface area contributed by atoms with Gasteiger partial charge >= 0.3 is 0 Å². The van der Waals surface area contributed by atoms with Crippen LogP contribution in [0, 0.1) is 6.92 Å².